The predicted octanol–water partition coefficient (Wildman–Crippen LogP) is 2.03. The fourth-order valence-corrected chi connectivity index (χ4v) is 2.25. The van der Waals surface area contributed by atoms with Crippen LogP contribution in [0.15, 0.2) is 36.4 Å². The van der Waals surface area contributed by atoms with E-state index in [0.717, 1.165) is 16.8 Å². The highest BCUT2D eigenvalue weighted by molar-refractivity contribution is 5.34. The van der Waals surface area contributed by atoms with Crippen LogP contribution in [0.4, 0.5) is 0 Å². The second-order valence-electron chi connectivity index (χ2n) is 4.84. The molecule has 104 valence electrons. The van der Waals surface area contributed by atoms with Gasteiger partial charge < -0.3 is 15.0 Å². The van der Waals surface area contributed by atoms with E-state index in [1.54, 1.807) is 0 Å². The van der Waals surface area contributed by atoms with Gasteiger partial charge in [-0.1, -0.05) is 30.3 Å². The molecular formula is C16H19N3O. The summed E-state index contributed by atoms with van der Waals surface area (Å²) in [7, 11) is 1.89. The summed E-state index contributed by atoms with van der Waals surface area (Å²) in [5, 5.41) is 21.9. The Kier molecular flexibility index (Phi) is 4.57. The molecule has 2 rings (SSSR count). The maximum atomic E-state index is 9.51. The molecule has 1 aromatic heterocycles. The molecule has 0 spiro atoms. The van der Waals surface area contributed by atoms with Crippen molar-refractivity contribution in [2.24, 2.45) is 7.05 Å². The number of hydrogen-bond donors (Lipinski definition) is 2. The molecule has 4 nitrogen and oxygen atoms in total. The normalized spacial score (nSPS) is 12.1. The van der Waals surface area contributed by atoms with Crippen LogP contribution in [0.1, 0.15) is 28.6 Å². The second kappa shape index (κ2) is 6.38. The first-order valence-electron chi connectivity index (χ1n) is 6.62. The molecule has 0 radical (unpaired) electrons. The molecular weight excluding hydrogens is 250 g/mol. The lowest BCUT2D eigenvalue weighted by atomic mass is 10.1. The number of benzene rings is 1. The number of nitrogens with zero attached hydrogens (tertiary/aromatic N) is 2. The monoisotopic (exact) mass is 269 g/mol. The number of nitriles is 1. The Morgan fingerprint density at radius 3 is 2.60 bits per heavy atom. The van der Waals surface area contributed by atoms with Crippen molar-refractivity contribution in [1.82, 2.24) is 9.88 Å². The molecule has 20 heavy (non-hydrogen) atoms. The van der Waals surface area contributed by atoms with Crippen LogP contribution in [0.2, 0.25) is 0 Å². The summed E-state index contributed by atoms with van der Waals surface area (Å²) < 4.78 is 1.88. The van der Waals surface area contributed by atoms with Gasteiger partial charge in [0.05, 0.1) is 12.6 Å². The molecule has 0 aliphatic rings. The van der Waals surface area contributed by atoms with Crippen molar-refractivity contribution < 1.29 is 5.11 Å². The van der Waals surface area contributed by atoms with E-state index >= 15 is 0 Å². The Morgan fingerprint density at radius 1 is 1.35 bits per heavy atom. The molecule has 1 aromatic carbocycles. The van der Waals surface area contributed by atoms with Gasteiger partial charge in [-0.2, -0.15) is 5.26 Å². The quantitative estimate of drug-likeness (QED) is 0.873. The number of hydrogen-bond acceptors (Lipinski definition) is 3. The highest BCUT2D eigenvalue weighted by Crippen LogP contribution is 2.16. The highest BCUT2D eigenvalue weighted by Gasteiger charge is 2.12. The third kappa shape index (κ3) is 2.90. The molecule has 0 saturated heterocycles. The van der Waals surface area contributed by atoms with Crippen LogP contribution < -0.4 is 5.32 Å². The zero-order chi connectivity index (χ0) is 14.5. The zero-order valence-electron chi connectivity index (χ0n) is 11.8. The lowest BCUT2D eigenvalue weighted by Gasteiger charge is -2.16. The Hall–Kier alpha value is -2.09. The number of rotatable bonds is 5. The lowest BCUT2D eigenvalue weighted by Crippen LogP contribution is -2.24. The van der Waals surface area contributed by atoms with E-state index in [0.29, 0.717) is 12.2 Å². The molecule has 1 heterocycles. The van der Waals surface area contributed by atoms with E-state index in [1.807, 2.05) is 54.9 Å². The average molecular weight is 269 g/mol. The van der Waals surface area contributed by atoms with Crippen LogP contribution in [0.3, 0.4) is 0 Å². The minimum absolute atomic E-state index is 0.0427. The third-order valence-corrected chi connectivity index (χ3v) is 3.68. The topological polar surface area (TPSA) is 61.0 Å². The Morgan fingerprint density at radius 2 is 2.05 bits per heavy atom. The second-order valence-corrected chi connectivity index (χ2v) is 4.84. The van der Waals surface area contributed by atoms with Gasteiger partial charge in [0.1, 0.15) is 11.8 Å². The van der Waals surface area contributed by atoms with Gasteiger partial charge in [0.15, 0.2) is 0 Å². The van der Waals surface area contributed by atoms with Gasteiger partial charge in [-0.25, -0.2) is 0 Å². The van der Waals surface area contributed by atoms with Crippen LogP contribution in [0.25, 0.3) is 0 Å². The number of aromatic nitrogens is 1. The standard InChI is InChI=1S/C16H19N3O/c1-12-14(8-15(9-17)19(12)2)10-18-16(11-20)13-6-4-3-5-7-13/h3-8,16,18,20H,10-11H2,1-2H3/t16-/m0/s1. The summed E-state index contributed by atoms with van der Waals surface area (Å²) in [5.41, 5.74) is 3.86. The summed E-state index contributed by atoms with van der Waals surface area (Å²) >= 11 is 0. The van der Waals surface area contributed by atoms with E-state index in [2.05, 4.69) is 11.4 Å². The Balaban J connectivity index is 2.10. The molecule has 0 aliphatic carbocycles. The van der Waals surface area contributed by atoms with Gasteiger partial charge >= 0.3 is 0 Å². The molecule has 2 aromatic rings. The van der Waals surface area contributed by atoms with Crippen LogP contribution in [0, 0.1) is 18.3 Å². The zero-order valence-corrected chi connectivity index (χ0v) is 11.8. The van der Waals surface area contributed by atoms with Gasteiger partial charge in [-0.3, -0.25) is 0 Å². The van der Waals surface area contributed by atoms with Gasteiger partial charge in [0, 0.05) is 19.3 Å². The number of aliphatic hydroxyl groups is 1. The van der Waals surface area contributed by atoms with Crippen molar-refractivity contribution in [3.05, 3.63) is 58.9 Å². The van der Waals surface area contributed by atoms with Crippen LogP contribution in [-0.4, -0.2) is 16.3 Å². The maximum Gasteiger partial charge on any atom is 0.120 e. The molecule has 1 atom stereocenters. The first-order chi connectivity index (χ1) is 9.67. The van der Waals surface area contributed by atoms with E-state index in [9.17, 15) is 5.11 Å². The third-order valence-electron chi connectivity index (χ3n) is 3.68. The molecule has 4 heteroatoms. The van der Waals surface area contributed by atoms with E-state index in [4.69, 9.17) is 5.26 Å². The minimum Gasteiger partial charge on any atom is -0.394 e. The largest absolute Gasteiger partial charge is 0.394 e. The van der Waals surface area contributed by atoms with E-state index < -0.39 is 0 Å². The van der Waals surface area contributed by atoms with Crippen molar-refractivity contribution in [1.29, 1.82) is 5.26 Å². The van der Waals surface area contributed by atoms with Crippen molar-refractivity contribution in [2.45, 2.75) is 19.5 Å². The molecule has 0 unspecified atom stereocenters. The molecule has 0 aliphatic heterocycles. The summed E-state index contributed by atoms with van der Waals surface area (Å²) in [6, 6.07) is 13.8. The Labute approximate surface area is 119 Å². The first kappa shape index (κ1) is 14.3. The summed E-state index contributed by atoms with van der Waals surface area (Å²) in [6.07, 6.45) is 0. The van der Waals surface area contributed by atoms with Crippen LogP contribution >= 0.6 is 0 Å². The molecule has 0 amide bonds. The van der Waals surface area contributed by atoms with Gasteiger partial charge in [-0.15, -0.1) is 0 Å². The van der Waals surface area contributed by atoms with Crippen molar-refractivity contribution >= 4 is 0 Å². The molecule has 0 fully saturated rings. The van der Waals surface area contributed by atoms with Crippen LogP contribution in [0.5, 0.6) is 0 Å². The molecule has 2 N–H and O–H groups in total. The smallest absolute Gasteiger partial charge is 0.120 e. The highest BCUT2D eigenvalue weighted by atomic mass is 16.3. The van der Waals surface area contributed by atoms with E-state index in [1.165, 1.54) is 0 Å². The van der Waals surface area contributed by atoms with Gasteiger partial charge in [0.2, 0.25) is 0 Å². The Bertz CT molecular complexity index is 611. The molecule has 0 saturated carbocycles. The number of aliphatic hydroxyl groups excluding tert-OH is 1. The summed E-state index contributed by atoms with van der Waals surface area (Å²) in [6.45, 7) is 2.66. The molecule has 0 bridgehead atoms. The van der Waals surface area contributed by atoms with Crippen molar-refractivity contribution in [3.63, 3.8) is 0 Å². The minimum atomic E-state index is -0.0960. The summed E-state index contributed by atoms with van der Waals surface area (Å²) in [4.78, 5) is 0. The summed E-state index contributed by atoms with van der Waals surface area (Å²) in [5.74, 6) is 0. The van der Waals surface area contributed by atoms with Crippen molar-refractivity contribution in [3.8, 4) is 6.07 Å². The maximum absolute atomic E-state index is 9.51. The first-order valence-corrected chi connectivity index (χ1v) is 6.62. The fraction of sp³-hybridized carbons (Fsp3) is 0.312. The number of nitrogens with one attached hydrogen (secondary N) is 1. The van der Waals surface area contributed by atoms with E-state index in [-0.39, 0.29) is 12.6 Å². The van der Waals surface area contributed by atoms with Crippen LogP contribution in [-0.2, 0) is 13.6 Å². The SMILES string of the molecule is Cc1c(CN[C@@H](CO)c2ccccc2)cc(C#N)n1C. The average Bonchev–Trinajstić information content (AvgIpc) is 2.77. The van der Waals surface area contributed by atoms with Gasteiger partial charge in [0.25, 0.3) is 0 Å². The van der Waals surface area contributed by atoms with Crippen molar-refractivity contribution in [2.75, 3.05) is 6.61 Å². The van der Waals surface area contributed by atoms with Gasteiger partial charge in [-0.05, 0) is 24.1 Å². The predicted molar refractivity (Wildman–Crippen MR) is 78.0 cm³/mol. The fourth-order valence-electron chi connectivity index (χ4n) is 2.25. The lowest BCUT2D eigenvalue weighted by molar-refractivity contribution is 0.243.